The molecule has 0 spiro atoms. The highest BCUT2D eigenvalue weighted by atomic mass is 35.5. The third-order valence-corrected chi connectivity index (χ3v) is 7.92. The first kappa shape index (κ1) is 34.2. The van der Waals surface area contributed by atoms with Gasteiger partial charge in [-0.05, 0) is 55.0 Å². The molecule has 0 saturated carbocycles. The second-order valence-corrected chi connectivity index (χ2v) is 12.3. The molecule has 3 atom stereocenters. The summed E-state index contributed by atoms with van der Waals surface area (Å²) < 4.78 is 16.3. The van der Waals surface area contributed by atoms with E-state index in [9.17, 15) is 24.3 Å². The van der Waals surface area contributed by atoms with Gasteiger partial charge in [-0.1, -0.05) is 44.5 Å². The van der Waals surface area contributed by atoms with Crippen LogP contribution in [0.2, 0.25) is 5.02 Å². The van der Waals surface area contributed by atoms with Gasteiger partial charge in [-0.3, -0.25) is 14.4 Å². The van der Waals surface area contributed by atoms with Gasteiger partial charge in [0, 0.05) is 37.8 Å². The molecule has 14 heteroatoms. The predicted octanol–water partition coefficient (Wildman–Crippen LogP) is 6.02. The monoisotopic (exact) mass is 655 g/mol. The lowest BCUT2D eigenvalue weighted by molar-refractivity contribution is -0.0815. The predicted molar refractivity (Wildman–Crippen MR) is 169 cm³/mol. The van der Waals surface area contributed by atoms with E-state index in [0.717, 1.165) is 0 Å². The number of carbonyl (C=O) groups excluding carboxylic acids is 3. The molecule has 1 fully saturated rings. The summed E-state index contributed by atoms with van der Waals surface area (Å²) in [5.74, 6) is -0.952. The highest BCUT2D eigenvalue weighted by Gasteiger charge is 2.46. The van der Waals surface area contributed by atoms with Gasteiger partial charge < -0.3 is 24.2 Å². The minimum atomic E-state index is -1.22. The minimum Gasteiger partial charge on any atom is -0.465 e. The Morgan fingerprint density at radius 3 is 2.43 bits per heavy atom. The molecular weight excluding hydrogens is 618 g/mol. The van der Waals surface area contributed by atoms with Gasteiger partial charge >= 0.3 is 18.2 Å². The van der Waals surface area contributed by atoms with Crippen LogP contribution in [-0.2, 0) is 21.3 Å². The smallest absolute Gasteiger partial charge is 0.465 e. The molecule has 2 amide bonds. The van der Waals surface area contributed by atoms with E-state index in [1.165, 1.54) is 33.8 Å². The van der Waals surface area contributed by atoms with Crippen molar-refractivity contribution in [2.45, 2.75) is 65.8 Å². The maximum atomic E-state index is 14.3. The van der Waals surface area contributed by atoms with Crippen LogP contribution in [0.3, 0.4) is 0 Å². The molecule has 0 bridgehead atoms. The van der Waals surface area contributed by atoms with Crippen molar-refractivity contribution < 1.29 is 38.5 Å². The van der Waals surface area contributed by atoms with Gasteiger partial charge in [0.05, 0.1) is 29.9 Å². The highest BCUT2D eigenvalue weighted by molar-refractivity contribution is 6.33. The number of pyridine rings is 1. The van der Waals surface area contributed by atoms with Crippen molar-refractivity contribution in [2.75, 3.05) is 18.1 Å². The fourth-order valence-electron chi connectivity index (χ4n) is 5.80. The zero-order valence-corrected chi connectivity index (χ0v) is 27.4. The number of halogens is 1. The number of carbonyl (C=O) groups is 4. The maximum Gasteiger partial charge on any atom is 0.511 e. The van der Waals surface area contributed by atoms with E-state index in [1.807, 2.05) is 20.8 Å². The number of carboxylic acid groups (broad SMARTS) is 1. The number of hydrogen-bond donors (Lipinski definition) is 1. The summed E-state index contributed by atoms with van der Waals surface area (Å²) in [6, 6.07) is 8.77. The van der Waals surface area contributed by atoms with Crippen LogP contribution in [0.1, 0.15) is 68.3 Å². The van der Waals surface area contributed by atoms with Gasteiger partial charge in [0.15, 0.2) is 11.5 Å². The molecule has 3 unspecified atom stereocenters. The summed E-state index contributed by atoms with van der Waals surface area (Å²) in [4.78, 5) is 58.7. The third-order valence-electron chi connectivity index (χ3n) is 7.62. The van der Waals surface area contributed by atoms with E-state index in [-0.39, 0.29) is 23.1 Å². The molecule has 1 aliphatic rings. The average molecular weight is 656 g/mol. The summed E-state index contributed by atoms with van der Waals surface area (Å²) in [5.41, 5.74) is 0.883. The van der Waals surface area contributed by atoms with Gasteiger partial charge in [0.2, 0.25) is 6.29 Å². The number of esters is 1. The number of anilines is 1. The lowest BCUT2D eigenvalue weighted by Gasteiger charge is -2.50. The molecule has 1 aromatic carbocycles. The summed E-state index contributed by atoms with van der Waals surface area (Å²) in [5, 5.41) is 14.5. The van der Waals surface area contributed by atoms with Gasteiger partial charge in [-0.2, -0.15) is 5.10 Å². The van der Waals surface area contributed by atoms with Crippen LogP contribution in [0.5, 0.6) is 0 Å². The Bertz CT molecular complexity index is 1590. The standard InChI is InChI=1S/C32H38ClN5O8/c1-7-44-31(43)46-19(2)45-29(40)25-22(18-35-36(25)6)20-12-14-21(15-13-20)28(39)38(27-23(33)10-8-16-34-27)24-11-9-17-37(30(41)42)26(24)32(3,4)5/h8,10,12-16,18-19,24,26H,7,9,11,17H2,1-6H3,(H,41,42). The number of ether oxygens (including phenoxy) is 3. The molecule has 3 aromatic rings. The Morgan fingerprint density at radius 1 is 1.13 bits per heavy atom. The van der Waals surface area contributed by atoms with E-state index in [1.54, 1.807) is 50.4 Å². The van der Waals surface area contributed by atoms with Crippen molar-refractivity contribution in [1.82, 2.24) is 19.7 Å². The first-order chi connectivity index (χ1) is 21.7. The molecule has 0 aliphatic carbocycles. The van der Waals surface area contributed by atoms with Crippen LogP contribution in [0.15, 0.2) is 48.8 Å². The van der Waals surface area contributed by atoms with Crippen LogP contribution >= 0.6 is 11.6 Å². The fourth-order valence-corrected chi connectivity index (χ4v) is 6.02. The summed E-state index contributed by atoms with van der Waals surface area (Å²) in [7, 11) is 1.57. The van der Waals surface area contributed by atoms with Gasteiger partial charge in [0.25, 0.3) is 5.91 Å². The first-order valence-electron chi connectivity index (χ1n) is 14.8. The number of hydrogen-bond acceptors (Lipinski definition) is 9. The van der Waals surface area contributed by atoms with Crippen LogP contribution in [-0.4, -0.2) is 80.4 Å². The Hall–Kier alpha value is -4.65. The number of rotatable bonds is 8. The molecule has 0 radical (unpaired) electrons. The van der Waals surface area contributed by atoms with Crippen molar-refractivity contribution in [3.8, 4) is 11.1 Å². The minimum absolute atomic E-state index is 0.101. The number of nitrogens with zero attached hydrogens (tertiary/aromatic N) is 5. The van der Waals surface area contributed by atoms with Crippen molar-refractivity contribution in [3.63, 3.8) is 0 Å². The number of benzene rings is 1. The normalized spacial score (nSPS) is 17.2. The molecule has 13 nitrogen and oxygen atoms in total. The van der Waals surface area contributed by atoms with Crippen molar-refractivity contribution in [1.29, 1.82) is 0 Å². The molecule has 3 heterocycles. The van der Waals surface area contributed by atoms with Gasteiger partial charge in [0.1, 0.15) is 0 Å². The molecule has 1 N–H and O–H groups in total. The lowest BCUT2D eigenvalue weighted by atomic mass is 9.77. The average Bonchev–Trinajstić information content (AvgIpc) is 3.39. The van der Waals surface area contributed by atoms with Crippen LogP contribution < -0.4 is 4.90 Å². The Morgan fingerprint density at radius 2 is 1.83 bits per heavy atom. The first-order valence-corrected chi connectivity index (χ1v) is 15.2. The molecule has 1 aliphatic heterocycles. The molecular formula is C32H38ClN5O8. The van der Waals surface area contributed by atoms with Crippen molar-refractivity contribution in [3.05, 3.63) is 65.1 Å². The maximum absolute atomic E-state index is 14.3. The molecule has 46 heavy (non-hydrogen) atoms. The summed E-state index contributed by atoms with van der Waals surface area (Å²) in [6.45, 7) is 9.31. The number of aryl methyl sites for hydroxylation is 1. The van der Waals surface area contributed by atoms with Crippen molar-refractivity contribution in [2.24, 2.45) is 12.5 Å². The lowest BCUT2D eigenvalue weighted by Crippen LogP contribution is -2.63. The number of aromatic nitrogens is 3. The Balaban J connectivity index is 1.67. The van der Waals surface area contributed by atoms with E-state index in [0.29, 0.717) is 36.1 Å². The topological polar surface area (TPSA) is 153 Å². The largest absolute Gasteiger partial charge is 0.511 e. The van der Waals surface area contributed by atoms with Gasteiger partial charge in [-0.15, -0.1) is 0 Å². The fraction of sp³-hybridized carbons (Fsp3) is 0.438. The van der Waals surface area contributed by atoms with E-state index < -0.39 is 47.9 Å². The second-order valence-electron chi connectivity index (χ2n) is 11.9. The van der Waals surface area contributed by atoms with Crippen LogP contribution in [0.25, 0.3) is 11.1 Å². The zero-order chi connectivity index (χ0) is 33.8. The second kappa shape index (κ2) is 14.2. The quantitative estimate of drug-likeness (QED) is 0.225. The molecule has 246 valence electrons. The number of amides is 2. The highest BCUT2D eigenvalue weighted by Crippen LogP contribution is 2.39. The molecule has 2 aromatic heterocycles. The van der Waals surface area contributed by atoms with E-state index in [2.05, 4.69) is 10.1 Å². The SMILES string of the molecule is CCOC(=O)OC(C)OC(=O)c1c(-c2ccc(C(=O)N(c3ncccc3Cl)C3CCCN(C(=O)O)C3C(C)(C)C)cc2)cnn1C. The Labute approximate surface area is 272 Å². The number of piperidine rings is 1. The van der Waals surface area contributed by atoms with E-state index in [4.69, 9.17) is 25.8 Å². The summed E-state index contributed by atoms with van der Waals surface area (Å²) >= 11 is 6.59. The van der Waals surface area contributed by atoms with Crippen LogP contribution in [0, 0.1) is 5.41 Å². The van der Waals surface area contributed by atoms with Gasteiger partial charge in [-0.25, -0.2) is 19.4 Å². The molecule has 4 rings (SSSR count). The third kappa shape index (κ3) is 7.41. The van der Waals surface area contributed by atoms with Crippen LogP contribution in [0.4, 0.5) is 15.4 Å². The summed E-state index contributed by atoms with van der Waals surface area (Å²) in [6.07, 6.45) is 0.888. The zero-order valence-electron chi connectivity index (χ0n) is 26.6. The Kier molecular flexibility index (Phi) is 10.6. The van der Waals surface area contributed by atoms with E-state index >= 15 is 0 Å². The number of likely N-dealkylation sites (tertiary alicyclic amines) is 1. The molecule has 1 saturated heterocycles. The van der Waals surface area contributed by atoms with Crippen molar-refractivity contribution >= 4 is 41.5 Å².